The minimum atomic E-state index is -0.553. The van der Waals surface area contributed by atoms with E-state index in [1.165, 1.54) is 22.3 Å². The van der Waals surface area contributed by atoms with E-state index in [0.29, 0.717) is 18.5 Å². The Hall–Kier alpha value is -5.04. The molecule has 5 aromatic rings. The molecule has 0 fully saturated rings. The van der Waals surface area contributed by atoms with Gasteiger partial charge in [-0.1, -0.05) is 91.0 Å². The number of nitro groups is 1. The lowest BCUT2D eigenvalue weighted by Crippen LogP contribution is -2.34. The van der Waals surface area contributed by atoms with Crippen molar-refractivity contribution in [2.24, 2.45) is 0 Å². The number of carbonyl (C=O) groups is 1. The molecule has 4 aromatic carbocycles. The van der Waals surface area contributed by atoms with Crippen LogP contribution in [0.15, 0.2) is 114 Å². The van der Waals surface area contributed by atoms with Crippen LogP contribution in [-0.4, -0.2) is 21.9 Å². The van der Waals surface area contributed by atoms with Gasteiger partial charge in [0.1, 0.15) is 5.56 Å². The van der Waals surface area contributed by atoms with Gasteiger partial charge in [0.15, 0.2) is 0 Å². The second-order valence-corrected chi connectivity index (χ2v) is 9.39. The van der Waals surface area contributed by atoms with Gasteiger partial charge in [0.25, 0.3) is 17.2 Å². The molecule has 0 unspecified atom stereocenters. The van der Waals surface area contributed by atoms with Crippen molar-refractivity contribution < 1.29 is 9.72 Å². The zero-order valence-electron chi connectivity index (χ0n) is 21.2. The van der Waals surface area contributed by atoms with Crippen LogP contribution in [0.2, 0.25) is 0 Å². The number of aromatic nitrogens is 1. The summed E-state index contributed by atoms with van der Waals surface area (Å²) in [7, 11) is 0. The zero-order chi connectivity index (χ0) is 27.2. The number of nitro benzene ring substituents is 1. The van der Waals surface area contributed by atoms with Crippen LogP contribution in [0.25, 0.3) is 10.9 Å². The van der Waals surface area contributed by atoms with E-state index < -0.39 is 16.4 Å². The fraction of sp³-hybridized carbons (Fsp3) is 0.125. The number of rotatable bonds is 9. The molecule has 1 N–H and O–H groups in total. The molecular weight excluding hydrogens is 490 g/mol. The van der Waals surface area contributed by atoms with Gasteiger partial charge in [0.2, 0.25) is 0 Å². The van der Waals surface area contributed by atoms with E-state index >= 15 is 0 Å². The summed E-state index contributed by atoms with van der Waals surface area (Å²) in [5.41, 5.74) is 3.87. The van der Waals surface area contributed by atoms with Crippen LogP contribution in [0.3, 0.4) is 0 Å². The molecule has 39 heavy (non-hydrogen) atoms. The Kier molecular flexibility index (Phi) is 7.59. The molecule has 0 radical (unpaired) electrons. The van der Waals surface area contributed by atoms with Crippen LogP contribution in [-0.2, 0) is 19.4 Å². The van der Waals surface area contributed by atoms with E-state index in [0.717, 1.165) is 23.1 Å². The molecule has 194 valence electrons. The van der Waals surface area contributed by atoms with Gasteiger partial charge in [-0.25, -0.2) is 0 Å². The normalized spacial score (nSPS) is 10.9. The first-order valence-corrected chi connectivity index (χ1v) is 12.7. The van der Waals surface area contributed by atoms with Gasteiger partial charge < -0.3 is 9.88 Å². The molecule has 7 nitrogen and oxygen atoms in total. The van der Waals surface area contributed by atoms with Gasteiger partial charge in [0.05, 0.1) is 22.4 Å². The summed E-state index contributed by atoms with van der Waals surface area (Å²) in [5.74, 6) is -0.553. The third kappa shape index (κ3) is 5.93. The predicted molar refractivity (Wildman–Crippen MR) is 152 cm³/mol. The van der Waals surface area contributed by atoms with E-state index in [9.17, 15) is 19.7 Å². The highest BCUT2D eigenvalue weighted by Gasteiger charge is 2.21. The Morgan fingerprint density at radius 1 is 0.769 bits per heavy atom. The third-order valence-electron chi connectivity index (χ3n) is 6.71. The van der Waals surface area contributed by atoms with Gasteiger partial charge >= 0.3 is 0 Å². The molecule has 0 aliphatic carbocycles. The third-order valence-corrected chi connectivity index (χ3v) is 6.71. The molecule has 5 rings (SSSR count). The smallest absolute Gasteiger partial charge is 0.278 e. The summed E-state index contributed by atoms with van der Waals surface area (Å²) < 4.78 is 1.45. The van der Waals surface area contributed by atoms with Gasteiger partial charge in [-0.3, -0.25) is 19.7 Å². The van der Waals surface area contributed by atoms with Gasteiger partial charge in [-0.05, 0) is 47.2 Å². The number of benzene rings is 4. The molecule has 7 heteroatoms. The van der Waals surface area contributed by atoms with Crippen molar-refractivity contribution >= 4 is 22.5 Å². The molecule has 1 heterocycles. The number of amides is 1. The molecule has 0 atom stereocenters. The lowest BCUT2D eigenvalue weighted by molar-refractivity contribution is -0.383. The standard InChI is InChI=1S/C32H27N3O4/c36-31(33-19-18-23-8-3-1-4-9-23)28-21-27-29(12-7-13-30(27)35(38)39)34(32(28)37)22-26-16-14-25(15-17-26)20-24-10-5-2-6-11-24/h1-17,21H,18-20,22H2,(H,33,36). The largest absolute Gasteiger partial charge is 0.352 e. The van der Waals surface area contributed by atoms with Crippen molar-refractivity contribution in [2.45, 2.75) is 19.4 Å². The Morgan fingerprint density at radius 2 is 1.38 bits per heavy atom. The molecule has 0 spiro atoms. The Labute approximate surface area is 225 Å². The molecule has 0 bridgehead atoms. The number of hydrogen-bond acceptors (Lipinski definition) is 4. The first-order valence-electron chi connectivity index (χ1n) is 12.7. The highest BCUT2D eigenvalue weighted by Crippen LogP contribution is 2.26. The lowest BCUT2D eigenvalue weighted by atomic mass is 10.0. The first-order chi connectivity index (χ1) is 19.0. The quantitative estimate of drug-likeness (QED) is 0.206. The minimum absolute atomic E-state index is 0.120. The van der Waals surface area contributed by atoms with Crippen LogP contribution >= 0.6 is 0 Å². The number of non-ortho nitro benzene ring substituents is 1. The SMILES string of the molecule is O=C(NCCc1ccccc1)c1cc2c([N+](=O)[O-])cccc2n(Cc2ccc(Cc3ccccc3)cc2)c1=O. The zero-order valence-corrected chi connectivity index (χ0v) is 21.2. The number of nitrogens with one attached hydrogen (secondary N) is 1. The van der Waals surface area contributed by atoms with E-state index in [1.54, 1.807) is 12.1 Å². The van der Waals surface area contributed by atoms with Crippen LogP contribution in [0.5, 0.6) is 0 Å². The first kappa shape index (κ1) is 25.6. The van der Waals surface area contributed by atoms with E-state index in [2.05, 4.69) is 17.4 Å². The maximum absolute atomic E-state index is 13.6. The van der Waals surface area contributed by atoms with Crippen LogP contribution in [0.4, 0.5) is 5.69 Å². The summed E-state index contributed by atoms with van der Waals surface area (Å²) in [5, 5.41) is 14.8. The van der Waals surface area contributed by atoms with E-state index in [-0.39, 0.29) is 23.2 Å². The molecule has 0 aliphatic heterocycles. The van der Waals surface area contributed by atoms with Crippen LogP contribution in [0, 0.1) is 10.1 Å². The van der Waals surface area contributed by atoms with Crippen molar-refractivity contribution in [2.75, 3.05) is 6.54 Å². The Bertz CT molecular complexity index is 1680. The van der Waals surface area contributed by atoms with Crippen molar-refractivity contribution in [3.05, 3.63) is 157 Å². The highest BCUT2D eigenvalue weighted by molar-refractivity contribution is 5.99. The fourth-order valence-electron chi connectivity index (χ4n) is 4.70. The van der Waals surface area contributed by atoms with Gasteiger partial charge in [0, 0.05) is 12.6 Å². The Morgan fingerprint density at radius 3 is 2.05 bits per heavy atom. The van der Waals surface area contributed by atoms with Gasteiger partial charge in [-0.15, -0.1) is 0 Å². The van der Waals surface area contributed by atoms with Crippen molar-refractivity contribution in [3.8, 4) is 0 Å². The maximum atomic E-state index is 13.6. The topological polar surface area (TPSA) is 94.2 Å². The summed E-state index contributed by atoms with van der Waals surface area (Å²) in [6, 6.07) is 33.7. The summed E-state index contributed by atoms with van der Waals surface area (Å²) in [6.07, 6.45) is 1.39. The van der Waals surface area contributed by atoms with E-state index in [4.69, 9.17) is 0 Å². The lowest BCUT2D eigenvalue weighted by Gasteiger charge is -2.14. The van der Waals surface area contributed by atoms with Crippen molar-refractivity contribution in [1.82, 2.24) is 9.88 Å². The number of hydrogen-bond donors (Lipinski definition) is 1. The average molecular weight is 518 g/mol. The number of fused-ring (bicyclic) bond motifs is 1. The molecule has 0 saturated carbocycles. The van der Waals surface area contributed by atoms with Crippen molar-refractivity contribution in [3.63, 3.8) is 0 Å². The van der Waals surface area contributed by atoms with E-state index in [1.807, 2.05) is 72.8 Å². The molecule has 1 aromatic heterocycles. The van der Waals surface area contributed by atoms with Gasteiger partial charge in [-0.2, -0.15) is 0 Å². The maximum Gasteiger partial charge on any atom is 0.278 e. The Balaban J connectivity index is 1.45. The number of pyridine rings is 1. The fourth-order valence-corrected chi connectivity index (χ4v) is 4.70. The number of carbonyl (C=O) groups excluding carboxylic acids is 1. The monoisotopic (exact) mass is 517 g/mol. The second-order valence-electron chi connectivity index (χ2n) is 9.39. The second kappa shape index (κ2) is 11.6. The summed E-state index contributed by atoms with van der Waals surface area (Å²) >= 11 is 0. The molecule has 0 saturated heterocycles. The predicted octanol–water partition coefficient (Wildman–Crippen LogP) is 5.52. The molecule has 1 amide bonds. The van der Waals surface area contributed by atoms with Crippen LogP contribution in [0.1, 0.15) is 32.6 Å². The number of nitrogens with zero attached hydrogens (tertiary/aromatic N) is 2. The summed E-state index contributed by atoms with van der Waals surface area (Å²) in [4.78, 5) is 38.0. The molecule has 0 aliphatic rings. The molecular formula is C32H27N3O4. The van der Waals surface area contributed by atoms with Crippen molar-refractivity contribution in [1.29, 1.82) is 0 Å². The minimum Gasteiger partial charge on any atom is -0.352 e. The highest BCUT2D eigenvalue weighted by atomic mass is 16.6. The average Bonchev–Trinajstić information content (AvgIpc) is 2.96. The summed E-state index contributed by atoms with van der Waals surface area (Å²) in [6.45, 7) is 0.507. The van der Waals surface area contributed by atoms with Crippen LogP contribution < -0.4 is 10.9 Å².